The highest BCUT2D eigenvalue weighted by atomic mass is 19.1. The van der Waals surface area contributed by atoms with Crippen LogP contribution in [0.3, 0.4) is 0 Å². The molecule has 0 saturated heterocycles. The number of hydrogen-bond acceptors (Lipinski definition) is 8. The predicted molar refractivity (Wildman–Crippen MR) is 114 cm³/mol. The maximum Gasteiger partial charge on any atom is 0.252 e. The van der Waals surface area contributed by atoms with Crippen LogP contribution in [0.2, 0.25) is 0 Å². The lowest BCUT2D eigenvalue weighted by molar-refractivity contribution is 0.100. The molecular formula is C20H24FN9O. The van der Waals surface area contributed by atoms with Crippen molar-refractivity contribution in [1.82, 2.24) is 25.0 Å². The number of aryl methyl sites for hydroxylation is 1. The van der Waals surface area contributed by atoms with Crippen LogP contribution in [-0.2, 0) is 0 Å². The fourth-order valence-electron chi connectivity index (χ4n) is 3.66. The van der Waals surface area contributed by atoms with Crippen molar-refractivity contribution in [2.75, 3.05) is 10.6 Å². The van der Waals surface area contributed by atoms with E-state index in [-0.39, 0.29) is 29.3 Å². The van der Waals surface area contributed by atoms with Gasteiger partial charge in [-0.3, -0.25) is 9.78 Å². The van der Waals surface area contributed by atoms with Crippen molar-refractivity contribution in [2.45, 2.75) is 44.7 Å². The number of hydrogen-bond donors (Lipinski definition) is 4. The highest BCUT2D eigenvalue weighted by Crippen LogP contribution is 2.27. The second-order valence-electron chi connectivity index (χ2n) is 7.55. The van der Waals surface area contributed by atoms with Crippen molar-refractivity contribution < 1.29 is 9.18 Å². The van der Waals surface area contributed by atoms with Gasteiger partial charge in [0.05, 0.1) is 35.5 Å². The summed E-state index contributed by atoms with van der Waals surface area (Å²) in [5, 5.41) is 14.3. The summed E-state index contributed by atoms with van der Waals surface area (Å²) in [5.74, 6) is -1.33. The van der Waals surface area contributed by atoms with E-state index < -0.39 is 11.7 Å². The number of anilines is 3. The Hall–Kier alpha value is -3.60. The minimum absolute atomic E-state index is 0.0175. The van der Waals surface area contributed by atoms with Crippen molar-refractivity contribution in [3.05, 3.63) is 47.8 Å². The van der Waals surface area contributed by atoms with E-state index in [2.05, 4.69) is 30.8 Å². The van der Waals surface area contributed by atoms with Crippen LogP contribution >= 0.6 is 0 Å². The maximum atomic E-state index is 14.7. The summed E-state index contributed by atoms with van der Waals surface area (Å²) in [5.41, 5.74) is 13.4. The molecule has 3 aromatic heterocycles. The summed E-state index contributed by atoms with van der Waals surface area (Å²) in [4.78, 5) is 22.0. The molecule has 162 valence electrons. The van der Waals surface area contributed by atoms with Gasteiger partial charge in [0.15, 0.2) is 11.6 Å². The van der Waals surface area contributed by atoms with E-state index in [1.165, 1.54) is 4.80 Å². The average Bonchev–Trinajstić information content (AvgIpc) is 3.27. The first kappa shape index (κ1) is 20.7. The van der Waals surface area contributed by atoms with Gasteiger partial charge in [0.2, 0.25) is 0 Å². The molecule has 3 aromatic rings. The number of pyridine rings is 2. The monoisotopic (exact) mass is 425 g/mol. The minimum atomic E-state index is -0.802. The molecule has 11 heteroatoms. The molecule has 1 aliphatic rings. The van der Waals surface area contributed by atoms with E-state index in [1.807, 2.05) is 6.92 Å². The average molecular weight is 425 g/mol. The van der Waals surface area contributed by atoms with Crippen LogP contribution in [0.15, 0.2) is 30.7 Å². The van der Waals surface area contributed by atoms with E-state index in [1.54, 1.807) is 24.7 Å². The third kappa shape index (κ3) is 4.45. The number of halogens is 1. The summed E-state index contributed by atoms with van der Waals surface area (Å²) >= 11 is 0. The molecule has 10 nitrogen and oxygen atoms in total. The standard InChI is InChI=1S/C20H24FN9O/c1-11-17(30-25-6-7-26-30)8-12(10-24-11)27-19-13(18(23)31)9-14(21)20(29-19)28-16-5-3-2-4-15(16)22/h6-10,15-16H,2-5,22H2,1H3,(H2,23,31)(H2,27,28,29)/t15?,16-/m1/s1. The van der Waals surface area contributed by atoms with E-state index >= 15 is 0 Å². The Balaban J connectivity index is 1.67. The van der Waals surface area contributed by atoms with Crippen LogP contribution < -0.4 is 22.1 Å². The van der Waals surface area contributed by atoms with Gasteiger partial charge in [-0.25, -0.2) is 9.37 Å². The summed E-state index contributed by atoms with van der Waals surface area (Å²) in [7, 11) is 0. The van der Waals surface area contributed by atoms with Crippen LogP contribution in [0.4, 0.5) is 21.7 Å². The number of aromatic nitrogens is 5. The van der Waals surface area contributed by atoms with Crippen LogP contribution in [0, 0.1) is 12.7 Å². The first-order valence-electron chi connectivity index (χ1n) is 10.0. The van der Waals surface area contributed by atoms with Gasteiger partial charge in [0.1, 0.15) is 11.5 Å². The lowest BCUT2D eigenvalue weighted by Gasteiger charge is -2.30. The third-order valence-electron chi connectivity index (χ3n) is 5.34. The van der Waals surface area contributed by atoms with E-state index in [0.717, 1.165) is 31.7 Å². The minimum Gasteiger partial charge on any atom is -0.365 e. The highest BCUT2D eigenvalue weighted by Gasteiger charge is 2.24. The summed E-state index contributed by atoms with van der Waals surface area (Å²) < 4.78 is 14.7. The molecule has 31 heavy (non-hydrogen) atoms. The SMILES string of the molecule is Cc1ncc(Nc2nc(N[C@@H]3CCCCC3N)c(F)cc2C(N)=O)cc1-n1nccn1. The first-order valence-corrected chi connectivity index (χ1v) is 10.0. The fraction of sp³-hybridized carbons (Fsp3) is 0.350. The molecule has 1 fully saturated rings. The van der Waals surface area contributed by atoms with Crippen LogP contribution in [-0.4, -0.2) is 43.0 Å². The molecule has 1 amide bonds. The van der Waals surface area contributed by atoms with Gasteiger partial charge < -0.3 is 22.1 Å². The lowest BCUT2D eigenvalue weighted by atomic mass is 9.91. The van der Waals surface area contributed by atoms with Crippen molar-refractivity contribution in [2.24, 2.45) is 11.5 Å². The van der Waals surface area contributed by atoms with E-state index in [0.29, 0.717) is 17.1 Å². The van der Waals surface area contributed by atoms with Crippen molar-refractivity contribution in [3.63, 3.8) is 0 Å². The number of carbonyl (C=O) groups excluding carboxylic acids is 1. The second kappa shape index (κ2) is 8.64. The molecule has 0 aromatic carbocycles. The molecule has 0 spiro atoms. The molecule has 2 atom stereocenters. The van der Waals surface area contributed by atoms with Gasteiger partial charge in [-0.15, -0.1) is 4.80 Å². The molecule has 6 N–H and O–H groups in total. The number of rotatable bonds is 6. The molecule has 4 rings (SSSR count). The van der Waals surface area contributed by atoms with Gasteiger partial charge in [-0.1, -0.05) is 12.8 Å². The number of nitrogens with one attached hydrogen (secondary N) is 2. The van der Waals surface area contributed by atoms with Crippen LogP contribution in [0.5, 0.6) is 0 Å². The molecule has 0 radical (unpaired) electrons. The van der Waals surface area contributed by atoms with Crippen molar-refractivity contribution in [1.29, 1.82) is 0 Å². The Kier molecular flexibility index (Phi) is 5.76. The number of amides is 1. The Morgan fingerprint density at radius 3 is 2.65 bits per heavy atom. The number of primary amides is 1. The Labute approximate surface area is 178 Å². The van der Waals surface area contributed by atoms with Crippen LogP contribution in [0.1, 0.15) is 41.7 Å². The Morgan fingerprint density at radius 2 is 1.94 bits per heavy atom. The lowest BCUT2D eigenvalue weighted by Crippen LogP contribution is -2.43. The molecule has 1 saturated carbocycles. The molecule has 1 unspecified atom stereocenters. The zero-order valence-electron chi connectivity index (χ0n) is 17.0. The molecule has 0 aliphatic heterocycles. The van der Waals surface area contributed by atoms with Crippen molar-refractivity contribution in [3.8, 4) is 5.69 Å². The molecule has 1 aliphatic carbocycles. The zero-order chi connectivity index (χ0) is 22.0. The van der Waals surface area contributed by atoms with Crippen molar-refractivity contribution >= 4 is 23.2 Å². The zero-order valence-corrected chi connectivity index (χ0v) is 17.0. The maximum absolute atomic E-state index is 14.7. The van der Waals surface area contributed by atoms with Gasteiger partial charge in [-0.2, -0.15) is 10.2 Å². The Bertz CT molecular complexity index is 1090. The van der Waals surface area contributed by atoms with Crippen LogP contribution in [0.25, 0.3) is 5.69 Å². The normalized spacial score (nSPS) is 18.5. The largest absolute Gasteiger partial charge is 0.365 e. The fourth-order valence-corrected chi connectivity index (χ4v) is 3.66. The summed E-state index contributed by atoms with van der Waals surface area (Å²) in [6.07, 6.45) is 8.43. The highest BCUT2D eigenvalue weighted by molar-refractivity contribution is 5.98. The summed E-state index contributed by atoms with van der Waals surface area (Å²) in [6.45, 7) is 1.82. The summed E-state index contributed by atoms with van der Waals surface area (Å²) in [6, 6.07) is 2.64. The smallest absolute Gasteiger partial charge is 0.252 e. The van der Waals surface area contributed by atoms with E-state index in [4.69, 9.17) is 11.5 Å². The third-order valence-corrected chi connectivity index (χ3v) is 5.34. The number of nitrogens with zero attached hydrogens (tertiary/aromatic N) is 5. The number of nitrogens with two attached hydrogens (primary N) is 2. The Morgan fingerprint density at radius 1 is 1.19 bits per heavy atom. The topological polar surface area (TPSA) is 150 Å². The quantitative estimate of drug-likeness (QED) is 0.468. The predicted octanol–water partition coefficient (Wildman–Crippen LogP) is 2.03. The van der Waals surface area contributed by atoms with E-state index in [9.17, 15) is 9.18 Å². The van der Waals surface area contributed by atoms with Gasteiger partial charge in [0.25, 0.3) is 5.91 Å². The molecule has 3 heterocycles. The number of carbonyl (C=O) groups is 1. The van der Waals surface area contributed by atoms with Gasteiger partial charge in [-0.05, 0) is 31.9 Å². The molecular weight excluding hydrogens is 401 g/mol. The first-order chi connectivity index (χ1) is 14.9. The van der Waals surface area contributed by atoms with Gasteiger partial charge >= 0.3 is 0 Å². The molecule has 0 bridgehead atoms. The van der Waals surface area contributed by atoms with Gasteiger partial charge in [0, 0.05) is 12.1 Å². The second-order valence-corrected chi connectivity index (χ2v) is 7.55.